The second-order valence-electron chi connectivity index (χ2n) is 7.01. The van der Waals surface area contributed by atoms with Gasteiger partial charge in [-0.3, -0.25) is 9.69 Å². The molecular weight excluding hydrogens is 357 g/mol. The van der Waals surface area contributed by atoms with E-state index < -0.39 is 0 Å². The molecule has 1 aliphatic heterocycles. The molecule has 1 aliphatic rings. The van der Waals surface area contributed by atoms with E-state index in [0.29, 0.717) is 44.1 Å². The molecule has 3 rings (SSSR count). The summed E-state index contributed by atoms with van der Waals surface area (Å²) in [5, 5.41) is 9.26. The summed E-state index contributed by atoms with van der Waals surface area (Å²) < 4.78 is 13.4. The van der Waals surface area contributed by atoms with Gasteiger partial charge in [-0.1, -0.05) is 12.1 Å². The second kappa shape index (κ2) is 8.81. The molecule has 1 aromatic carbocycles. The second-order valence-corrected chi connectivity index (χ2v) is 7.01. The van der Waals surface area contributed by atoms with Gasteiger partial charge in [-0.25, -0.2) is 9.37 Å². The number of pyridine rings is 1. The molecule has 0 bridgehead atoms. The van der Waals surface area contributed by atoms with E-state index in [1.165, 1.54) is 12.1 Å². The monoisotopic (exact) mass is 381 g/mol. The minimum Gasteiger partial charge on any atom is -0.353 e. The van der Waals surface area contributed by atoms with Crippen LogP contribution in [0, 0.1) is 17.1 Å². The van der Waals surface area contributed by atoms with Crippen LogP contribution in [-0.4, -0.2) is 60.0 Å². The highest BCUT2D eigenvalue weighted by Crippen LogP contribution is 2.19. The number of nitriles is 1. The maximum absolute atomic E-state index is 13.4. The highest BCUT2D eigenvalue weighted by Gasteiger charge is 2.28. The summed E-state index contributed by atoms with van der Waals surface area (Å²) in [6.45, 7) is 5.11. The Balaban J connectivity index is 1.57. The van der Waals surface area contributed by atoms with Gasteiger partial charge in [0.2, 0.25) is 5.91 Å². The number of likely N-dealkylation sites (N-methyl/N-ethyl adjacent to an activating group) is 1. The number of aromatic nitrogens is 1. The molecule has 0 spiro atoms. The minimum absolute atomic E-state index is 0.00765. The Kier molecular flexibility index (Phi) is 6.22. The van der Waals surface area contributed by atoms with Crippen molar-refractivity contribution in [3.8, 4) is 6.07 Å². The van der Waals surface area contributed by atoms with Crippen LogP contribution in [0.15, 0.2) is 42.6 Å². The molecule has 6 nitrogen and oxygen atoms in total. The van der Waals surface area contributed by atoms with Gasteiger partial charge in [-0.15, -0.1) is 0 Å². The Morgan fingerprint density at radius 2 is 2.04 bits per heavy atom. The number of amides is 1. The minimum atomic E-state index is -0.297. The number of halogens is 1. The van der Waals surface area contributed by atoms with Gasteiger partial charge in [0.1, 0.15) is 17.7 Å². The number of hydrogen-bond donors (Lipinski definition) is 0. The van der Waals surface area contributed by atoms with Crippen molar-refractivity contribution in [1.29, 1.82) is 5.26 Å². The zero-order chi connectivity index (χ0) is 20.1. The molecule has 0 radical (unpaired) electrons. The third-order valence-electron chi connectivity index (χ3n) is 5.11. The lowest BCUT2D eigenvalue weighted by molar-refractivity contribution is -0.135. The third-order valence-corrected chi connectivity index (χ3v) is 5.11. The molecule has 0 N–H and O–H groups in total. The average Bonchev–Trinajstić information content (AvgIpc) is 2.72. The largest absolute Gasteiger partial charge is 0.353 e. The molecule has 7 heteroatoms. The zero-order valence-electron chi connectivity index (χ0n) is 16.2. The van der Waals surface area contributed by atoms with Crippen molar-refractivity contribution in [2.75, 3.05) is 38.1 Å². The SMILES string of the molecule is CC(C(=O)N(C)Cc1cccc(F)c1)N1CCN(c2ncccc2C#N)CC1. The molecule has 28 heavy (non-hydrogen) atoms. The van der Waals surface area contributed by atoms with Gasteiger partial charge in [-0.2, -0.15) is 5.26 Å². The third kappa shape index (κ3) is 4.46. The van der Waals surface area contributed by atoms with Crippen molar-refractivity contribution < 1.29 is 9.18 Å². The summed E-state index contributed by atoms with van der Waals surface area (Å²) in [6.07, 6.45) is 1.69. The fourth-order valence-corrected chi connectivity index (χ4v) is 3.52. The van der Waals surface area contributed by atoms with E-state index in [9.17, 15) is 14.4 Å². The van der Waals surface area contributed by atoms with E-state index >= 15 is 0 Å². The van der Waals surface area contributed by atoms with Crippen LogP contribution in [0.25, 0.3) is 0 Å². The molecule has 1 amide bonds. The van der Waals surface area contributed by atoms with E-state index in [4.69, 9.17) is 0 Å². The quantitative estimate of drug-likeness (QED) is 0.795. The van der Waals surface area contributed by atoms with E-state index in [1.54, 1.807) is 36.3 Å². The summed E-state index contributed by atoms with van der Waals surface area (Å²) >= 11 is 0. The van der Waals surface area contributed by atoms with Crippen LogP contribution in [0.5, 0.6) is 0 Å². The number of carbonyl (C=O) groups excluding carboxylic acids is 1. The molecule has 0 aliphatic carbocycles. The standard InChI is InChI=1S/C21H24FN5O/c1-16(21(28)25(2)15-17-5-3-7-19(22)13-17)26-9-11-27(12-10-26)20-18(14-23)6-4-8-24-20/h3-8,13,16H,9-12,15H2,1-2H3. The summed E-state index contributed by atoms with van der Waals surface area (Å²) in [6, 6.07) is 11.8. The smallest absolute Gasteiger partial charge is 0.239 e. The maximum Gasteiger partial charge on any atom is 0.239 e. The number of hydrogen-bond acceptors (Lipinski definition) is 5. The van der Waals surface area contributed by atoms with Gasteiger partial charge < -0.3 is 9.80 Å². The molecule has 1 saturated heterocycles. The predicted octanol–water partition coefficient (Wildman–Crippen LogP) is 2.26. The lowest BCUT2D eigenvalue weighted by Crippen LogP contribution is -2.54. The van der Waals surface area contributed by atoms with Crippen LogP contribution in [0.1, 0.15) is 18.1 Å². The molecule has 0 saturated carbocycles. The first-order valence-corrected chi connectivity index (χ1v) is 9.33. The van der Waals surface area contributed by atoms with Crippen molar-refractivity contribution in [2.24, 2.45) is 0 Å². The van der Waals surface area contributed by atoms with Gasteiger partial charge >= 0.3 is 0 Å². The molecule has 1 fully saturated rings. The first kappa shape index (κ1) is 19.8. The first-order chi connectivity index (χ1) is 13.5. The molecule has 2 aromatic rings. The lowest BCUT2D eigenvalue weighted by atomic mass is 10.1. The van der Waals surface area contributed by atoms with Crippen molar-refractivity contribution in [2.45, 2.75) is 19.5 Å². The van der Waals surface area contributed by atoms with Crippen LogP contribution in [0.4, 0.5) is 10.2 Å². The Labute approximate surface area is 164 Å². The topological polar surface area (TPSA) is 63.5 Å². The summed E-state index contributed by atoms with van der Waals surface area (Å²) in [4.78, 5) is 23.0. The Hall–Kier alpha value is -2.98. The highest BCUT2D eigenvalue weighted by atomic mass is 19.1. The van der Waals surface area contributed by atoms with Crippen molar-refractivity contribution in [3.63, 3.8) is 0 Å². The molecule has 146 valence electrons. The van der Waals surface area contributed by atoms with Crippen molar-refractivity contribution >= 4 is 11.7 Å². The summed E-state index contributed by atoms with van der Waals surface area (Å²) in [7, 11) is 1.74. The zero-order valence-corrected chi connectivity index (χ0v) is 16.2. The van der Waals surface area contributed by atoms with Crippen LogP contribution in [0.3, 0.4) is 0 Å². The summed E-state index contributed by atoms with van der Waals surface area (Å²) in [5.41, 5.74) is 1.34. The fourth-order valence-electron chi connectivity index (χ4n) is 3.52. The predicted molar refractivity (Wildman–Crippen MR) is 105 cm³/mol. The van der Waals surface area contributed by atoms with Crippen LogP contribution < -0.4 is 4.90 Å². The van der Waals surface area contributed by atoms with E-state index in [2.05, 4.69) is 20.9 Å². The van der Waals surface area contributed by atoms with E-state index in [1.807, 2.05) is 13.0 Å². The highest BCUT2D eigenvalue weighted by molar-refractivity contribution is 5.81. The van der Waals surface area contributed by atoms with E-state index in [-0.39, 0.29) is 17.8 Å². The van der Waals surface area contributed by atoms with Crippen LogP contribution in [-0.2, 0) is 11.3 Å². The van der Waals surface area contributed by atoms with Crippen LogP contribution in [0.2, 0.25) is 0 Å². The Bertz CT molecular complexity index is 873. The van der Waals surface area contributed by atoms with Gasteiger partial charge in [0.05, 0.1) is 11.6 Å². The fraction of sp³-hybridized carbons (Fsp3) is 0.381. The first-order valence-electron chi connectivity index (χ1n) is 9.33. The Morgan fingerprint density at radius 1 is 1.29 bits per heavy atom. The number of nitrogens with zero attached hydrogens (tertiary/aromatic N) is 5. The summed E-state index contributed by atoms with van der Waals surface area (Å²) in [5.74, 6) is 0.411. The Morgan fingerprint density at radius 3 is 2.71 bits per heavy atom. The van der Waals surface area contributed by atoms with Gasteiger partial charge in [0.25, 0.3) is 0 Å². The number of benzene rings is 1. The lowest BCUT2D eigenvalue weighted by Gasteiger charge is -2.39. The molecule has 1 aromatic heterocycles. The molecule has 2 heterocycles. The number of anilines is 1. The van der Waals surface area contributed by atoms with Crippen molar-refractivity contribution in [1.82, 2.24) is 14.8 Å². The maximum atomic E-state index is 13.4. The van der Waals surface area contributed by atoms with E-state index in [0.717, 1.165) is 5.56 Å². The number of piperazine rings is 1. The molecule has 1 atom stereocenters. The normalized spacial score (nSPS) is 15.7. The van der Waals surface area contributed by atoms with Crippen molar-refractivity contribution in [3.05, 3.63) is 59.5 Å². The van der Waals surface area contributed by atoms with Gasteiger partial charge in [0, 0.05) is 46.0 Å². The number of rotatable bonds is 5. The molecule has 1 unspecified atom stereocenters. The molecular formula is C21H24FN5O. The van der Waals surface area contributed by atoms with Crippen LogP contribution >= 0.6 is 0 Å². The van der Waals surface area contributed by atoms with Gasteiger partial charge in [0.15, 0.2) is 0 Å². The average molecular weight is 381 g/mol. The van der Waals surface area contributed by atoms with Gasteiger partial charge in [-0.05, 0) is 36.8 Å². The number of carbonyl (C=O) groups is 1.